The van der Waals surface area contributed by atoms with Gasteiger partial charge in [0.1, 0.15) is 0 Å². The molecule has 0 radical (unpaired) electrons. The van der Waals surface area contributed by atoms with Crippen molar-refractivity contribution in [3.8, 4) is 0 Å². The number of piperidine rings is 1. The van der Waals surface area contributed by atoms with Gasteiger partial charge in [0.05, 0.1) is 0 Å². The highest BCUT2D eigenvalue weighted by atomic mass is 79.9. The van der Waals surface area contributed by atoms with Gasteiger partial charge in [-0.15, -0.1) is 0 Å². The fraction of sp³-hybridized carbons (Fsp3) is 0.571. The zero-order valence-electron chi connectivity index (χ0n) is 10.6. The Labute approximate surface area is 112 Å². The van der Waals surface area contributed by atoms with Crippen LogP contribution in [0.5, 0.6) is 0 Å². The maximum Gasteiger partial charge on any atom is 0.0458 e. The Morgan fingerprint density at radius 3 is 2.53 bits per heavy atom. The summed E-state index contributed by atoms with van der Waals surface area (Å²) in [5.41, 5.74) is 7.97. The maximum atomic E-state index is 5.82. The van der Waals surface area contributed by atoms with Gasteiger partial charge in [-0.1, -0.05) is 12.5 Å². The summed E-state index contributed by atoms with van der Waals surface area (Å²) in [5, 5.41) is 0. The number of likely N-dealkylation sites (tertiary alicyclic amines) is 1. The smallest absolute Gasteiger partial charge is 0.0458 e. The van der Waals surface area contributed by atoms with Crippen LogP contribution in [0.3, 0.4) is 0 Å². The lowest BCUT2D eigenvalue weighted by Crippen LogP contribution is -2.42. The molecule has 0 saturated carbocycles. The molecule has 94 valence electrons. The van der Waals surface area contributed by atoms with Crippen molar-refractivity contribution in [2.24, 2.45) is 0 Å². The van der Waals surface area contributed by atoms with Crippen molar-refractivity contribution in [1.29, 1.82) is 0 Å². The van der Waals surface area contributed by atoms with Crippen LogP contribution < -0.4 is 5.73 Å². The van der Waals surface area contributed by atoms with E-state index in [4.69, 9.17) is 5.73 Å². The van der Waals surface area contributed by atoms with Gasteiger partial charge in [-0.25, -0.2) is 0 Å². The molecular weight excluding hydrogens is 276 g/mol. The summed E-state index contributed by atoms with van der Waals surface area (Å²) in [4.78, 5) is 2.60. The molecule has 1 aromatic rings. The summed E-state index contributed by atoms with van der Waals surface area (Å²) >= 11 is 3.50. The van der Waals surface area contributed by atoms with Gasteiger partial charge in [0.2, 0.25) is 0 Å². The van der Waals surface area contributed by atoms with Gasteiger partial charge < -0.3 is 5.73 Å². The maximum absolute atomic E-state index is 5.82. The Morgan fingerprint density at radius 2 is 1.94 bits per heavy atom. The number of halogens is 1. The van der Waals surface area contributed by atoms with E-state index in [0.29, 0.717) is 12.1 Å². The van der Waals surface area contributed by atoms with E-state index in [2.05, 4.69) is 46.8 Å². The quantitative estimate of drug-likeness (QED) is 0.841. The van der Waals surface area contributed by atoms with E-state index >= 15 is 0 Å². The molecule has 2 atom stereocenters. The van der Waals surface area contributed by atoms with Gasteiger partial charge in [0.25, 0.3) is 0 Å². The molecule has 1 heterocycles. The summed E-state index contributed by atoms with van der Waals surface area (Å²) in [6.07, 6.45) is 4.01. The molecule has 0 amide bonds. The van der Waals surface area contributed by atoms with Crippen LogP contribution in [-0.4, -0.2) is 17.0 Å². The molecule has 0 spiro atoms. The van der Waals surface area contributed by atoms with Crippen molar-refractivity contribution in [3.63, 3.8) is 0 Å². The third kappa shape index (κ3) is 3.02. The third-order valence-electron chi connectivity index (χ3n) is 3.81. The highest BCUT2D eigenvalue weighted by Gasteiger charge is 2.24. The van der Waals surface area contributed by atoms with Crippen LogP contribution in [0.15, 0.2) is 22.7 Å². The predicted octanol–water partition coefficient (Wildman–Crippen LogP) is 3.79. The van der Waals surface area contributed by atoms with Crippen molar-refractivity contribution in [3.05, 3.63) is 28.2 Å². The molecule has 1 fully saturated rings. The number of hydrogen-bond acceptors (Lipinski definition) is 2. The zero-order valence-corrected chi connectivity index (χ0v) is 12.2. The van der Waals surface area contributed by atoms with Crippen LogP contribution in [0.2, 0.25) is 0 Å². The Kier molecular flexibility index (Phi) is 4.10. The minimum Gasteiger partial charge on any atom is -0.398 e. The SMILES string of the molecule is C[C@@H]1CCC[C@H](C)N1Cc1ccc(N)c(Br)c1. The first-order valence-electron chi connectivity index (χ1n) is 6.37. The number of nitrogens with two attached hydrogens (primary N) is 1. The number of anilines is 1. The largest absolute Gasteiger partial charge is 0.398 e. The predicted molar refractivity (Wildman–Crippen MR) is 76.9 cm³/mol. The van der Waals surface area contributed by atoms with E-state index in [1.807, 2.05) is 6.07 Å². The average molecular weight is 297 g/mol. The lowest BCUT2D eigenvalue weighted by molar-refractivity contribution is 0.0953. The normalized spacial score (nSPS) is 26.1. The van der Waals surface area contributed by atoms with E-state index in [0.717, 1.165) is 16.7 Å². The second-order valence-corrected chi connectivity index (χ2v) is 6.01. The molecular formula is C14H21BrN2. The van der Waals surface area contributed by atoms with Gasteiger partial charge in [0, 0.05) is 28.8 Å². The summed E-state index contributed by atoms with van der Waals surface area (Å²) in [6.45, 7) is 5.70. The van der Waals surface area contributed by atoms with E-state index in [1.54, 1.807) is 0 Å². The minimum absolute atomic E-state index is 0.690. The lowest BCUT2D eigenvalue weighted by Gasteiger charge is -2.39. The van der Waals surface area contributed by atoms with Crippen LogP contribution >= 0.6 is 15.9 Å². The van der Waals surface area contributed by atoms with Crippen molar-refractivity contribution in [2.75, 3.05) is 5.73 Å². The number of nitrogen functional groups attached to an aromatic ring is 1. The number of hydrogen-bond donors (Lipinski definition) is 1. The molecule has 0 unspecified atom stereocenters. The Balaban J connectivity index is 2.10. The van der Waals surface area contributed by atoms with Crippen molar-refractivity contribution in [2.45, 2.75) is 51.7 Å². The molecule has 1 aliphatic rings. The fourth-order valence-electron chi connectivity index (χ4n) is 2.67. The second-order valence-electron chi connectivity index (χ2n) is 5.16. The average Bonchev–Trinajstić information content (AvgIpc) is 2.28. The fourth-order valence-corrected chi connectivity index (χ4v) is 3.09. The zero-order chi connectivity index (χ0) is 12.4. The Hall–Kier alpha value is -0.540. The number of benzene rings is 1. The second kappa shape index (κ2) is 5.40. The highest BCUT2D eigenvalue weighted by Crippen LogP contribution is 2.26. The molecule has 3 heteroatoms. The first-order valence-corrected chi connectivity index (χ1v) is 7.17. The van der Waals surface area contributed by atoms with Crippen LogP contribution in [0.1, 0.15) is 38.7 Å². The molecule has 17 heavy (non-hydrogen) atoms. The van der Waals surface area contributed by atoms with Gasteiger partial charge in [-0.3, -0.25) is 4.90 Å². The van der Waals surface area contributed by atoms with Crippen molar-refractivity contribution >= 4 is 21.6 Å². The van der Waals surface area contributed by atoms with Crippen LogP contribution in [0, 0.1) is 0 Å². The molecule has 1 aromatic carbocycles. The highest BCUT2D eigenvalue weighted by molar-refractivity contribution is 9.10. The Morgan fingerprint density at radius 1 is 1.29 bits per heavy atom. The molecule has 2 rings (SSSR count). The van der Waals surface area contributed by atoms with Crippen molar-refractivity contribution < 1.29 is 0 Å². The first kappa shape index (κ1) is 12.9. The van der Waals surface area contributed by atoms with Gasteiger partial charge in [-0.05, 0) is 60.3 Å². The third-order valence-corrected chi connectivity index (χ3v) is 4.49. The van der Waals surface area contributed by atoms with E-state index in [-0.39, 0.29) is 0 Å². The summed E-state index contributed by atoms with van der Waals surface area (Å²) in [5.74, 6) is 0. The monoisotopic (exact) mass is 296 g/mol. The molecule has 2 N–H and O–H groups in total. The standard InChI is InChI=1S/C14H21BrN2/c1-10-4-3-5-11(2)17(10)9-12-6-7-14(16)13(15)8-12/h6-8,10-11H,3-5,9,16H2,1-2H3/t10-,11+. The lowest BCUT2D eigenvalue weighted by atomic mass is 9.97. The number of rotatable bonds is 2. The van der Waals surface area contributed by atoms with Gasteiger partial charge >= 0.3 is 0 Å². The van der Waals surface area contributed by atoms with E-state index in [1.165, 1.54) is 24.8 Å². The molecule has 1 aliphatic heterocycles. The minimum atomic E-state index is 0.690. The number of nitrogens with zero attached hydrogens (tertiary/aromatic N) is 1. The summed E-state index contributed by atoms with van der Waals surface area (Å²) < 4.78 is 1.01. The molecule has 0 bridgehead atoms. The van der Waals surface area contributed by atoms with Crippen LogP contribution in [0.25, 0.3) is 0 Å². The first-order chi connectivity index (χ1) is 8.08. The molecule has 2 nitrogen and oxygen atoms in total. The van der Waals surface area contributed by atoms with Crippen LogP contribution in [-0.2, 0) is 6.54 Å². The van der Waals surface area contributed by atoms with E-state index < -0.39 is 0 Å². The van der Waals surface area contributed by atoms with Gasteiger partial charge in [0.15, 0.2) is 0 Å². The van der Waals surface area contributed by atoms with Gasteiger partial charge in [-0.2, -0.15) is 0 Å². The van der Waals surface area contributed by atoms with Crippen LogP contribution in [0.4, 0.5) is 5.69 Å². The summed E-state index contributed by atoms with van der Waals surface area (Å²) in [6, 6.07) is 7.64. The Bertz CT molecular complexity index is 382. The van der Waals surface area contributed by atoms with E-state index in [9.17, 15) is 0 Å². The van der Waals surface area contributed by atoms with Crippen molar-refractivity contribution in [1.82, 2.24) is 4.90 Å². The molecule has 0 aliphatic carbocycles. The topological polar surface area (TPSA) is 29.3 Å². The summed E-state index contributed by atoms with van der Waals surface area (Å²) in [7, 11) is 0. The molecule has 0 aromatic heterocycles. The molecule has 1 saturated heterocycles.